The van der Waals surface area contributed by atoms with Gasteiger partial charge in [0.2, 0.25) is 0 Å². The third-order valence-corrected chi connectivity index (χ3v) is 5.64. The molecule has 4 rings (SSSR count). The average molecular weight is 394 g/mol. The number of hydrogen-bond acceptors (Lipinski definition) is 5. The average Bonchev–Trinajstić information content (AvgIpc) is 3.18. The molecular weight excluding hydrogens is 366 g/mol. The first-order chi connectivity index (χ1) is 12.7. The summed E-state index contributed by atoms with van der Waals surface area (Å²) in [5.74, 6) is 0.698. The lowest BCUT2D eigenvalue weighted by Crippen LogP contribution is -2.36. The number of benzene rings is 1. The molecule has 0 bridgehead atoms. The largest absolute Gasteiger partial charge is 0.490 e. The van der Waals surface area contributed by atoms with E-state index in [-0.39, 0.29) is 24.6 Å². The number of nitrogens with one attached hydrogen (secondary N) is 1. The molecule has 1 aromatic heterocycles. The minimum absolute atomic E-state index is 0. The van der Waals surface area contributed by atoms with E-state index in [2.05, 4.69) is 5.32 Å². The summed E-state index contributed by atoms with van der Waals surface area (Å²) in [6.45, 7) is 0.773. The number of ether oxygens (including phenoxy) is 1. The van der Waals surface area contributed by atoms with E-state index in [9.17, 15) is 9.90 Å². The zero-order valence-corrected chi connectivity index (χ0v) is 16.4. The Morgan fingerprint density at radius 3 is 2.67 bits per heavy atom. The van der Waals surface area contributed by atoms with Crippen LogP contribution in [0.15, 0.2) is 27.4 Å². The molecule has 2 aliphatic carbocycles. The van der Waals surface area contributed by atoms with Gasteiger partial charge in [-0.2, -0.15) is 0 Å². The minimum atomic E-state index is -0.558. The van der Waals surface area contributed by atoms with Crippen molar-refractivity contribution < 1.29 is 14.3 Å². The molecule has 5 nitrogen and oxygen atoms in total. The molecule has 0 aliphatic heterocycles. The van der Waals surface area contributed by atoms with E-state index >= 15 is 0 Å². The second kappa shape index (κ2) is 9.09. The van der Waals surface area contributed by atoms with Crippen molar-refractivity contribution in [2.45, 2.75) is 63.5 Å². The van der Waals surface area contributed by atoms with Crippen LogP contribution in [0.3, 0.4) is 0 Å². The lowest BCUT2D eigenvalue weighted by atomic mass is 9.90. The van der Waals surface area contributed by atoms with Crippen molar-refractivity contribution in [3.63, 3.8) is 0 Å². The summed E-state index contributed by atoms with van der Waals surface area (Å²) >= 11 is 0. The topological polar surface area (TPSA) is 71.7 Å². The smallest absolute Gasteiger partial charge is 0.339 e. The lowest BCUT2D eigenvalue weighted by Gasteiger charge is -2.20. The summed E-state index contributed by atoms with van der Waals surface area (Å²) in [5, 5.41) is 14.6. The standard InChI is InChI=1S/C21H27NO4.ClH/c23-15(12-22-14-6-1-2-7-14)13-25-18-10-5-11-19-20(18)16-8-3-4-9-17(16)21(24)26-19;/h5,10-11,14-15,22-23H,1-4,6-9,12-13H2;1H. The molecule has 1 atom stereocenters. The molecule has 2 aromatic rings. The van der Waals surface area contributed by atoms with Gasteiger partial charge in [0, 0.05) is 18.2 Å². The number of rotatable bonds is 6. The Hall–Kier alpha value is -1.56. The highest BCUT2D eigenvalue weighted by atomic mass is 35.5. The Bertz CT molecular complexity index is 829. The van der Waals surface area contributed by atoms with Crippen molar-refractivity contribution in [1.29, 1.82) is 0 Å². The van der Waals surface area contributed by atoms with E-state index in [4.69, 9.17) is 9.15 Å². The van der Waals surface area contributed by atoms with Crippen molar-refractivity contribution in [3.8, 4) is 5.75 Å². The van der Waals surface area contributed by atoms with Gasteiger partial charge in [0.25, 0.3) is 0 Å². The Balaban J connectivity index is 0.00000210. The first-order valence-electron chi connectivity index (χ1n) is 9.84. The molecule has 6 heteroatoms. The molecule has 1 heterocycles. The van der Waals surface area contributed by atoms with Gasteiger partial charge in [-0.3, -0.25) is 0 Å². The molecule has 27 heavy (non-hydrogen) atoms. The van der Waals surface area contributed by atoms with E-state index in [0.29, 0.717) is 23.9 Å². The fourth-order valence-electron chi connectivity index (χ4n) is 4.26. The van der Waals surface area contributed by atoms with Gasteiger partial charge in [0.1, 0.15) is 24.0 Å². The van der Waals surface area contributed by atoms with Gasteiger partial charge in [-0.05, 0) is 56.2 Å². The predicted molar refractivity (Wildman–Crippen MR) is 108 cm³/mol. The van der Waals surface area contributed by atoms with Crippen LogP contribution >= 0.6 is 12.4 Å². The molecule has 1 saturated carbocycles. The lowest BCUT2D eigenvalue weighted by molar-refractivity contribution is 0.104. The molecule has 0 amide bonds. The van der Waals surface area contributed by atoms with Gasteiger partial charge in [0.05, 0.1) is 5.39 Å². The Morgan fingerprint density at radius 1 is 1.15 bits per heavy atom. The number of aliphatic hydroxyl groups excluding tert-OH is 1. The van der Waals surface area contributed by atoms with Crippen molar-refractivity contribution in [2.24, 2.45) is 0 Å². The van der Waals surface area contributed by atoms with Crippen LogP contribution in [0.25, 0.3) is 11.0 Å². The molecule has 0 saturated heterocycles. The summed E-state index contributed by atoms with van der Waals surface area (Å²) in [7, 11) is 0. The van der Waals surface area contributed by atoms with E-state index in [1.807, 2.05) is 18.2 Å². The monoisotopic (exact) mass is 393 g/mol. The van der Waals surface area contributed by atoms with Crippen molar-refractivity contribution in [3.05, 3.63) is 39.7 Å². The molecule has 0 spiro atoms. The predicted octanol–water partition coefficient (Wildman–Crippen LogP) is 3.37. The fraction of sp³-hybridized carbons (Fsp3) is 0.571. The SMILES string of the molecule is Cl.O=c1oc2cccc(OCC(O)CNC3CCCC3)c2c2c1CCCC2. The molecule has 148 valence electrons. The van der Waals surface area contributed by atoms with Crippen LogP contribution in [0.1, 0.15) is 49.7 Å². The van der Waals surface area contributed by atoms with Crippen LogP contribution in [0.4, 0.5) is 0 Å². The second-order valence-electron chi connectivity index (χ2n) is 7.54. The molecule has 2 N–H and O–H groups in total. The normalized spacial score (nSPS) is 18.1. The van der Waals surface area contributed by atoms with Gasteiger partial charge in [0.15, 0.2) is 0 Å². The molecule has 1 unspecified atom stereocenters. The van der Waals surface area contributed by atoms with Gasteiger partial charge in [-0.1, -0.05) is 18.9 Å². The van der Waals surface area contributed by atoms with E-state index in [1.54, 1.807) is 0 Å². The molecule has 1 aromatic carbocycles. The summed E-state index contributed by atoms with van der Waals surface area (Å²) in [4.78, 5) is 12.2. The maximum atomic E-state index is 12.2. The van der Waals surface area contributed by atoms with Crippen molar-refractivity contribution in [2.75, 3.05) is 13.2 Å². The number of aliphatic hydroxyl groups is 1. The summed E-state index contributed by atoms with van der Waals surface area (Å²) < 4.78 is 11.5. The molecule has 2 aliphatic rings. The molecular formula is C21H28ClNO4. The summed E-state index contributed by atoms with van der Waals surface area (Å²) in [6.07, 6.45) is 8.14. The van der Waals surface area contributed by atoms with Crippen LogP contribution in [-0.4, -0.2) is 30.4 Å². The van der Waals surface area contributed by atoms with Crippen LogP contribution in [0, 0.1) is 0 Å². The highest BCUT2D eigenvalue weighted by Crippen LogP contribution is 2.33. The number of hydrogen-bond donors (Lipinski definition) is 2. The van der Waals surface area contributed by atoms with Crippen LogP contribution < -0.4 is 15.7 Å². The highest BCUT2D eigenvalue weighted by Gasteiger charge is 2.21. The fourth-order valence-corrected chi connectivity index (χ4v) is 4.26. The van der Waals surface area contributed by atoms with Crippen molar-refractivity contribution >= 4 is 23.4 Å². The molecule has 1 fully saturated rings. The number of aryl methyl sites for hydroxylation is 1. The van der Waals surface area contributed by atoms with E-state index in [1.165, 1.54) is 25.7 Å². The Morgan fingerprint density at radius 2 is 1.89 bits per heavy atom. The third-order valence-electron chi connectivity index (χ3n) is 5.64. The zero-order chi connectivity index (χ0) is 17.9. The van der Waals surface area contributed by atoms with E-state index in [0.717, 1.165) is 42.2 Å². The van der Waals surface area contributed by atoms with Crippen LogP contribution in [0.5, 0.6) is 5.75 Å². The third kappa shape index (κ3) is 4.48. The number of halogens is 1. The highest BCUT2D eigenvalue weighted by molar-refractivity contribution is 5.88. The zero-order valence-electron chi connectivity index (χ0n) is 15.5. The van der Waals surface area contributed by atoms with Gasteiger partial charge in [-0.15, -0.1) is 12.4 Å². The van der Waals surface area contributed by atoms with Gasteiger partial charge < -0.3 is 19.6 Å². The van der Waals surface area contributed by atoms with Crippen molar-refractivity contribution in [1.82, 2.24) is 5.32 Å². The Labute approximate surface area is 165 Å². The van der Waals surface area contributed by atoms with Gasteiger partial charge in [-0.25, -0.2) is 4.79 Å². The molecule has 0 radical (unpaired) electrons. The first kappa shape index (κ1) is 20.2. The summed E-state index contributed by atoms with van der Waals surface area (Å²) in [5.41, 5.74) is 2.22. The maximum absolute atomic E-state index is 12.2. The first-order valence-corrected chi connectivity index (χ1v) is 9.84. The van der Waals surface area contributed by atoms with Crippen LogP contribution in [-0.2, 0) is 12.8 Å². The van der Waals surface area contributed by atoms with Gasteiger partial charge >= 0.3 is 5.63 Å². The minimum Gasteiger partial charge on any atom is -0.490 e. The van der Waals surface area contributed by atoms with Crippen LogP contribution in [0.2, 0.25) is 0 Å². The quantitative estimate of drug-likeness (QED) is 0.736. The Kier molecular flexibility index (Phi) is 6.79. The van der Waals surface area contributed by atoms with E-state index < -0.39 is 6.10 Å². The summed E-state index contributed by atoms with van der Waals surface area (Å²) in [6, 6.07) is 6.08. The number of fused-ring (bicyclic) bond motifs is 3. The maximum Gasteiger partial charge on any atom is 0.339 e. The second-order valence-corrected chi connectivity index (χ2v) is 7.54.